The largest absolute Gasteiger partial charge is 0.334 e. The van der Waals surface area contributed by atoms with Crippen LogP contribution < -0.4 is 0 Å². The van der Waals surface area contributed by atoms with Gasteiger partial charge < -0.3 is 4.90 Å². The van der Waals surface area contributed by atoms with Crippen LogP contribution in [0.1, 0.15) is 21.5 Å². The van der Waals surface area contributed by atoms with Crippen molar-refractivity contribution in [1.29, 1.82) is 0 Å². The Kier molecular flexibility index (Phi) is 4.12. The van der Waals surface area contributed by atoms with Crippen molar-refractivity contribution in [2.75, 3.05) is 6.54 Å². The summed E-state index contributed by atoms with van der Waals surface area (Å²) in [6.45, 7) is 1.23. The first kappa shape index (κ1) is 17.6. The van der Waals surface area contributed by atoms with Crippen molar-refractivity contribution < 1.29 is 9.18 Å². The molecule has 1 aliphatic heterocycles. The fourth-order valence-electron chi connectivity index (χ4n) is 3.92. The molecule has 5 rings (SSSR count). The summed E-state index contributed by atoms with van der Waals surface area (Å²) >= 11 is 0. The van der Waals surface area contributed by atoms with Gasteiger partial charge in [0.05, 0.1) is 23.0 Å². The summed E-state index contributed by atoms with van der Waals surface area (Å²) in [6.07, 6.45) is 4.35. The number of hydrogen-bond donors (Lipinski definition) is 0. The van der Waals surface area contributed by atoms with Crippen LogP contribution in [0.4, 0.5) is 4.39 Å². The lowest BCUT2D eigenvalue weighted by Gasteiger charge is -2.29. The minimum Gasteiger partial charge on any atom is -0.334 e. The Morgan fingerprint density at radius 1 is 1.10 bits per heavy atom. The first-order chi connectivity index (χ1) is 14.1. The van der Waals surface area contributed by atoms with Gasteiger partial charge in [-0.3, -0.25) is 9.48 Å². The van der Waals surface area contributed by atoms with Crippen LogP contribution in [0.5, 0.6) is 0 Å². The second-order valence-corrected chi connectivity index (χ2v) is 7.36. The van der Waals surface area contributed by atoms with E-state index in [4.69, 9.17) is 0 Å². The lowest BCUT2D eigenvalue weighted by molar-refractivity contribution is 0.0736. The predicted octanol–water partition coefficient (Wildman–Crippen LogP) is 3.97. The normalized spacial score (nSPS) is 13.5. The van der Waals surface area contributed by atoms with E-state index in [1.54, 1.807) is 23.0 Å². The highest BCUT2D eigenvalue weighted by molar-refractivity contribution is 6.07. The third-order valence-corrected chi connectivity index (χ3v) is 5.42. The number of carbonyl (C=O) groups excluding carboxylic acids is 1. The van der Waals surface area contributed by atoms with Crippen molar-refractivity contribution in [1.82, 2.24) is 19.7 Å². The van der Waals surface area contributed by atoms with E-state index in [1.807, 2.05) is 30.3 Å². The van der Waals surface area contributed by atoms with E-state index in [9.17, 15) is 9.18 Å². The molecule has 4 aromatic rings. The molecule has 5 nitrogen and oxygen atoms in total. The maximum absolute atomic E-state index is 13.9. The fourth-order valence-corrected chi connectivity index (χ4v) is 3.92. The van der Waals surface area contributed by atoms with Crippen LogP contribution in [0.2, 0.25) is 0 Å². The number of carbonyl (C=O) groups is 1. The van der Waals surface area contributed by atoms with Gasteiger partial charge in [0.2, 0.25) is 0 Å². The SMILES string of the molecule is Cn1cc(-c2cc(C(=O)N3CCc4ccccc4C3)c3ccc(F)cc3n2)cn1. The average molecular weight is 386 g/mol. The number of hydrogen-bond acceptors (Lipinski definition) is 3. The summed E-state index contributed by atoms with van der Waals surface area (Å²) in [5.74, 6) is -0.442. The Labute approximate surface area is 167 Å². The number of halogens is 1. The number of amides is 1. The average Bonchev–Trinajstić information content (AvgIpc) is 3.18. The van der Waals surface area contributed by atoms with Gasteiger partial charge in [0.1, 0.15) is 5.82 Å². The van der Waals surface area contributed by atoms with Crippen LogP contribution in [0.25, 0.3) is 22.2 Å². The predicted molar refractivity (Wildman–Crippen MR) is 109 cm³/mol. The smallest absolute Gasteiger partial charge is 0.254 e. The molecule has 0 saturated heterocycles. The highest BCUT2D eigenvalue weighted by atomic mass is 19.1. The number of benzene rings is 2. The minimum absolute atomic E-state index is 0.0661. The number of fused-ring (bicyclic) bond motifs is 2. The molecule has 29 heavy (non-hydrogen) atoms. The first-order valence-electron chi connectivity index (χ1n) is 9.54. The number of nitrogens with zero attached hydrogens (tertiary/aromatic N) is 4. The van der Waals surface area contributed by atoms with Gasteiger partial charge in [-0.2, -0.15) is 5.10 Å². The van der Waals surface area contributed by atoms with E-state index in [1.165, 1.54) is 23.3 Å². The Morgan fingerprint density at radius 2 is 1.93 bits per heavy atom. The van der Waals surface area contributed by atoms with Gasteiger partial charge in [0.15, 0.2) is 0 Å². The van der Waals surface area contributed by atoms with Crippen LogP contribution in [-0.4, -0.2) is 32.1 Å². The third kappa shape index (κ3) is 3.16. The molecule has 0 atom stereocenters. The van der Waals surface area contributed by atoms with Crippen molar-refractivity contribution >= 4 is 16.8 Å². The quantitative estimate of drug-likeness (QED) is 0.524. The van der Waals surface area contributed by atoms with E-state index in [0.717, 1.165) is 12.0 Å². The molecule has 0 saturated carbocycles. The minimum atomic E-state index is -0.376. The molecule has 2 aromatic carbocycles. The van der Waals surface area contributed by atoms with E-state index in [-0.39, 0.29) is 11.7 Å². The maximum atomic E-state index is 13.9. The van der Waals surface area contributed by atoms with E-state index >= 15 is 0 Å². The van der Waals surface area contributed by atoms with Crippen molar-refractivity contribution in [3.05, 3.63) is 83.4 Å². The van der Waals surface area contributed by atoms with Gasteiger partial charge >= 0.3 is 0 Å². The molecule has 0 aliphatic carbocycles. The molecule has 144 valence electrons. The van der Waals surface area contributed by atoms with Gasteiger partial charge in [-0.25, -0.2) is 9.37 Å². The second kappa shape index (κ2) is 6.81. The summed E-state index contributed by atoms with van der Waals surface area (Å²) in [5, 5.41) is 4.84. The number of rotatable bonds is 2. The van der Waals surface area contributed by atoms with Gasteiger partial charge in [0.25, 0.3) is 5.91 Å². The zero-order valence-corrected chi connectivity index (χ0v) is 16.0. The van der Waals surface area contributed by atoms with Crippen LogP contribution in [0, 0.1) is 5.82 Å². The molecule has 6 heteroatoms. The standard InChI is InChI=1S/C23H19FN4O/c1-27-13-17(12-25-27)21-11-20(19-7-6-18(24)10-22(19)26-21)23(29)28-9-8-15-4-2-3-5-16(15)14-28/h2-7,10-13H,8-9,14H2,1H3. The number of aryl methyl sites for hydroxylation is 1. The van der Waals surface area contributed by atoms with Crippen molar-refractivity contribution in [2.24, 2.45) is 7.05 Å². The Hall–Kier alpha value is -3.54. The molecule has 0 unspecified atom stereocenters. The molecule has 0 spiro atoms. The molecule has 0 N–H and O–H groups in total. The molecule has 1 aliphatic rings. The molecular weight excluding hydrogens is 367 g/mol. The van der Waals surface area contributed by atoms with Crippen molar-refractivity contribution in [2.45, 2.75) is 13.0 Å². The first-order valence-corrected chi connectivity index (χ1v) is 9.54. The van der Waals surface area contributed by atoms with E-state index < -0.39 is 0 Å². The lowest BCUT2D eigenvalue weighted by Crippen LogP contribution is -2.36. The van der Waals surface area contributed by atoms with E-state index in [0.29, 0.717) is 35.2 Å². The Bertz CT molecular complexity index is 1250. The zero-order valence-electron chi connectivity index (χ0n) is 16.0. The number of aromatic nitrogens is 3. The van der Waals surface area contributed by atoms with Gasteiger partial charge in [-0.15, -0.1) is 0 Å². The highest BCUT2D eigenvalue weighted by Gasteiger charge is 2.24. The third-order valence-electron chi connectivity index (χ3n) is 5.42. The highest BCUT2D eigenvalue weighted by Crippen LogP contribution is 2.28. The second-order valence-electron chi connectivity index (χ2n) is 7.36. The summed E-state index contributed by atoms with van der Waals surface area (Å²) in [4.78, 5) is 19.9. The van der Waals surface area contributed by atoms with Crippen LogP contribution in [-0.2, 0) is 20.0 Å². The Morgan fingerprint density at radius 3 is 2.72 bits per heavy atom. The van der Waals surface area contributed by atoms with E-state index in [2.05, 4.69) is 22.2 Å². The molecule has 1 amide bonds. The lowest BCUT2D eigenvalue weighted by atomic mass is 9.98. The summed E-state index contributed by atoms with van der Waals surface area (Å²) in [7, 11) is 1.82. The Balaban J connectivity index is 1.61. The maximum Gasteiger partial charge on any atom is 0.254 e. The van der Waals surface area contributed by atoms with Gasteiger partial charge in [-0.05, 0) is 35.7 Å². The molecule has 3 heterocycles. The molecule has 0 bridgehead atoms. The van der Waals surface area contributed by atoms with Crippen molar-refractivity contribution in [3.8, 4) is 11.3 Å². The fraction of sp³-hybridized carbons (Fsp3) is 0.174. The monoisotopic (exact) mass is 386 g/mol. The molecule has 2 aromatic heterocycles. The topological polar surface area (TPSA) is 51.0 Å². The van der Waals surface area contributed by atoms with Crippen LogP contribution >= 0.6 is 0 Å². The summed E-state index contributed by atoms with van der Waals surface area (Å²) < 4.78 is 15.6. The molecular formula is C23H19FN4O. The summed E-state index contributed by atoms with van der Waals surface area (Å²) in [6, 6.07) is 14.4. The van der Waals surface area contributed by atoms with Crippen molar-refractivity contribution in [3.63, 3.8) is 0 Å². The van der Waals surface area contributed by atoms with Gasteiger partial charge in [-0.1, -0.05) is 24.3 Å². The van der Waals surface area contributed by atoms with Gasteiger partial charge in [0, 0.05) is 43.4 Å². The molecule has 0 radical (unpaired) electrons. The van der Waals surface area contributed by atoms with Crippen LogP contribution in [0.15, 0.2) is 60.9 Å². The van der Waals surface area contributed by atoms with Crippen LogP contribution in [0.3, 0.4) is 0 Å². The molecule has 0 fully saturated rings. The number of pyridine rings is 1. The summed E-state index contributed by atoms with van der Waals surface area (Å²) in [5.41, 5.74) is 4.85. The zero-order chi connectivity index (χ0) is 20.0.